The lowest BCUT2D eigenvalue weighted by molar-refractivity contribution is -0.125. The zero-order chi connectivity index (χ0) is 17.6. The molecule has 0 spiro atoms. The van der Waals surface area contributed by atoms with Crippen molar-refractivity contribution in [2.24, 2.45) is 5.92 Å². The van der Waals surface area contributed by atoms with Gasteiger partial charge in [-0.2, -0.15) is 0 Å². The number of carbonyl (C=O) groups excluding carboxylic acids is 1. The summed E-state index contributed by atoms with van der Waals surface area (Å²) in [7, 11) is 0. The smallest absolute Gasteiger partial charge is 0.225 e. The van der Waals surface area contributed by atoms with E-state index >= 15 is 0 Å². The molecule has 1 aliphatic rings. The number of nitrogens with zero attached hydrogens (tertiary/aromatic N) is 3. The van der Waals surface area contributed by atoms with Gasteiger partial charge in [0.25, 0.3) is 0 Å². The molecular formula is C19H23FN4O. The summed E-state index contributed by atoms with van der Waals surface area (Å²) in [6.45, 7) is 4.26. The van der Waals surface area contributed by atoms with Crippen molar-refractivity contribution in [3.8, 4) is 11.1 Å². The number of hydrogen-bond acceptors (Lipinski definition) is 4. The quantitative estimate of drug-likeness (QED) is 0.907. The van der Waals surface area contributed by atoms with Crippen molar-refractivity contribution in [1.82, 2.24) is 15.3 Å². The lowest BCUT2D eigenvalue weighted by atomic mass is 9.97. The van der Waals surface area contributed by atoms with E-state index < -0.39 is 0 Å². The van der Waals surface area contributed by atoms with Crippen LogP contribution in [0.4, 0.5) is 10.3 Å². The van der Waals surface area contributed by atoms with Gasteiger partial charge in [-0.1, -0.05) is 19.1 Å². The van der Waals surface area contributed by atoms with Crippen LogP contribution in [0.3, 0.4) is 0 Å². The Balaban J connectivity index is 1.67. The fourth-order valence-electron chi connectivity index (χ4n) is 3.04. The molecule has 0 bridgehead atoms. The third-order valence-corrected chi connectivity index (χ3v) is 4.44. The van der Waals surface area contributed by atoms with Crippen LogP contribution in [-0.2, 0) is 4.79 Å². The highest BCUT2D eigenvalue weighted by atomic mass is 19.1. The minimum absolute atomic E-state index is 0.0133. The topological polar surface area (TPSA) is 58.1 Å². The van der Waals surface area contributed by atoms with Crippen LogP contribution in [0, 0.1) is 11.7 Å². The van der Waals surface area contributed by atoms with Gasteiger partial charge in [0.05, 0.1) is 5.92 Å². The van der Waals surface area contributed by atoms with Crippen LogP contribution in [0.15, 0.2) is 36.7 Å². The highest BCUT2D eigenvalue weighted by Gasteiger charge is 2.26. The van der Waals surface area contributed by atoms with E-state index in [0.29, 0.717) is 12.5 Å². The number of carbonyl (C=O) groups is 1. The lowest BCUT2D eigenvalue weighted by Gasteiger charge is -2.32. The normalized spacial score (nSPS) is 17.4. The number of nitrogens with one attached hydrogen (secondary N) is 1. The first-order valence-corrected chi connectivity index (χ1v) is 8.78. The van der Waals surface area contributed by atoms with E-state index in [9.17, 15) is 9.18 Å². The molecule has 25 heavy (non-hydrogen) atoms. The summed E-state index contributed by atoms with van der Waals surface area (Å²) in [5.74, 6) is 0.482. The Morgan fingerprint density at radius 3 is 2.64 bits per heavy atom. The first-order valence-electron chi connectivity index (χ1n) is 8.78. The van der Waals surface area contributed by atoms with Crippen molar-refractivity contribution in [2.75, 3.05) is 24.5 Å². The summed E-state index contributed by atoms with van der Waals surface area (Å²) in [5.41, 5.74) is 1.72. The second kappa shape index (κ2) is 8.05. The van der Waals surface area contributed by atoms with E-state index in [1.807, 2.05) is 6.92 Å². The van der Waals surface area contributed by atoms with E-state index in [-0.39, 0.29) is 17.6 Å². The second-order valence-corrected chi connectivity index (χ2v) is 6.35. The van der Waals surface area contributed by atoms with E-state index in [1.54, 1.807) is 24.5 Å². The number of rotatable bonds is 5. The predicted molar refractivity (Wildman–Crippen MR) is 95.7 cm³/mol. The molecule has 1 amide bonds. The van der Waals surface area contributed by atoms with E-state index in [2.05, 4.69) is 20.2 Å². The van der Waals surface area contributed by atoms with Gasteiger partial charge in [0, 0.05) is 37.6 Å². The Morgan fingerprint density at radius 1 is 1.24 bits per heavy atom. The van der Waals surface area contributed by atoms with Crippen molar-refractivity contribution in [2.45, 2.75) is 26.2 Å². The molecule has 1 atom stereocenters. The number of halogens is 1. The molecule has 1 saturated heterocycles. The molecule has 1 aliphatic heterocycles. The first kappa shape index (κ1) is 17.3. The highest BCUT2D eigenvalue weighted by molar-refractivity contribution is 5.79. The molecule has 1 aromatic heterocycles. The van der Waals surface area contributed by atoms with E-state index in [4.69, 9.17) is 0 Å². The molecule has 0 saturated carbocycles. The summed E-state index contributed by atoms with van der Waals surface area (Å²) in [6.07, 6.45) is 6.29. The minimum atomic E-state index is -0.262. The molecule has 0 unspecified atom stereocenters. The Hall–Kier alpha value is -2.50. The average Bonchev–Trinajstić information content (AvgIpc) is 2.67. The Labute approximate surface area is 147 Å². The number of anilines is 1. The molecular weight excluding hydrogens is 319 g/mol. The zero-order valence-corrected chi connectivity index (χ0v) is 14.4. The Morgan fingerprint density at radius 2 is 1.96 bits per heavy atom. The molecule has 132 valence electrons. The van der Waals surface area contributed by atoms with E-state index in [0.717, 1.165) is 43.5 Å². The van der Waals surface area contributed by atoms with Crippen molar-refractivity contribution >= 4 is 11.9 Å². The maximum atomic E-state index is 13.0. The van der Waals surface area contributed by atoms with Gasteiger partial charge in [-0.15, -0.1) is 0 Å². The van der Waals surface area contributed by atoms with E-state index in [1.165, 1.54) is 12.1 Å². The van der Waals surface area contributed by atoms with Gasteiger partial charge in [-0.25, -0.2) is 14.4 Å². The van der Waals surface area contributed by atoms with Crippen molar-refractivity contribution in [1.29, 1.82) is 0 Å². The number of aromatic nitrogens is 2. The molecule has 6 heteroatoms. The second-order valence-electron chi connectivity index (χ2n) is 6.35. The third-order valence-electron chi connectivity index (χ3n) is 4.44. The number of amides is 1. The monoisotopic (exact) mass is 342 g/mol. The van der Waals surface area contributed by atoms with Gasteiger partial charge in [-0.05, 0) is 37.0 Å². The summed E-state index contributed by atoms with van der Waals surface area (Å²) in [5, 5.41) is 2.97. The van der Waals surface area contributed by atoms with Crippen molar-refractivity contribution in [3.05, 3.63) is 42.5 Å². The van der Waals surface area contributed by atoms with Gasteiger partial charge in [0.15, 0.2) is 0 Å². The zero-order valence-electron chi connectivity index (χ0n) is 14.4. The molecule has 2 heterocycles. The van der Waals surface area contributed by atoms with Gasteiger partial charge in [0.1, 0.15) is 5.82 Å². The summed E-state index contributed by atoms with van der Waals surface area (Å²) in [6, 6.07) is 6.27. The van der Waals surface area contributed by atoms with Crippen LogP contribution in [0.25, 0.3) is 11.1 Å². The highest BCUT2D eigenvalue weighted by Crippen LogP contribution is 2.23. The van der Waals surface area contributed by atoms with Crippen LogP contribution in [0.2, 0.25) is 0 Å². The molecule has 1 N–H and O–H groups in total. The SMILES string of the molecule is CCCNC(=O)[C@H]1CCCN(c2ncc(-c3ccc(F)cc3)cn2)C1. The average molecular weight is 342 g/mol. The predicted octanol–water partition coefficient (Wildman–Crippen LogP) is 3.03. The van der Waals surface area contributed by atoms with Crippen molar-refractivity contribution in [3.63, 3.8) is 0 Å². The van der Waals surface area contributed by atoms with Gasteiger partial charge in [0.2, 0.25) is 11.9 Å². The van der Waals surface area contributed by atoms with Crippen LogP contribution in [0.5, 0.6) is 0 Å². The van der Waals surface area contributed by atoms with Crippen LogP contribution in [-0.4, -0.2) is 35.5 Å². The maximum absolute atomic E-state index is 13.0. The minimum Gasteiger partial charge on any atom is -0.356 e. The van der Waals surface area contributed by atoms with Crippen molar-refractivity contribution < 1.29 is 9.18 Å². The van der Waals surface area contributed by atoms with Gasteiger partial charge >= 0.3 is 0 Å². The standard InChI is InChI=1S/C19H23FN4O/c1-2-9-21-18(25)15-4-3-10-24(13-15)19-22-11-16(12-23-19)14-5-7-17(20)8-6-14/h5-8,11-12,15H,2-4,9-10,13H2,1H3,(H,21,25)/t15-/m0/s1. The maximum Gasteiger partial charge on any atom is 0.225 e. The lowest BCUT2D eigenvalue weighted by Crippen LogP contribution is -2.43. The van der Waals surface area contributed by atoms with Crippen LogP contribution < -0.4 is 10.2 Å². The molecule has 1 fully saturated rings. The molecule has 3 rings (SSSR count). The van der Waals surface area contributed by atoms with Gasteiger partial charge < -0.3 is 10.2 Å². The summed E-state index contributed by atoms with van der Waals surface area (Å²) >= 11 is 0. The number of piperidine rings is 1. The summed E-state index contributed by atoms with van der Waals surface area (Å²) in [4.78, 5) is 23.1. The molecule has 0 radical (unpaired) electrons. The van der Waals surface area contributed by atoms with Gasteiger partial charge in [-0.3, -0.25) is 4.79 Å². The fraction of sp³-hybridized carbons (Fsp3) is 0.421. The van der Waals surface area contributed by atoms with Crippen LogP contribution in [0.1, 0.15) is 26.2 Å². The largest absolute Gasteiger partial charge is 0.356 e. The number of benzene rings is 1. The van der Waals surface area contributed by atoms with Crippen LogP contribution >= 0.6 is 0 Å². The summed E-state index contributed by atoms with van der Waals surface area (Å²) < 4.78 is 13.0. The number of hydrogen-bond donors (Lipinski definition) is 1. The fourth-order valence-corrected chi connectivity index (χ4v) is 3.04. The molecule has 0 aliphatic carbocycles. The first-order chi connectivity index (χ1) is 12.2. The Bertz CT molecular complexity index is 702. The molecule has 2 aromatic rings. The Kier molecular flexibility index (Phi) is 5.58. The molecule has 1 aromatic carbocycles. The third kappa shape index (κ3) is 4.32. The molecule has 5 nitrogen and oxygen atoms in total.